The molecule has 0 saturated heterocycles. The fourth-order valence-corrected chi connectivity index (χ4v) is 2.81. The standard InChI is InChI=1S/C11H9ClF3N3O2S/c1-18-6-8(5-16-18)21(19,20)17-7-2-3-10(12)9(4-7)11(13,14)15/h2-6,17H,1H3. The van der Waals surface area contributed by atoms with Gasteiger partial charge in [-0.3, -0.25) is 9.40 Å². The highest BCUT2D eigenvalue weighted by molar-refractivity contribution is 7.92. The fourth-order valence-electron chi connectivity index (χ4n) is 1.56. The Balaban J connectivity index is 2.36. The Bertz CT molecular complexity index is 771. The number of rotatable bonds is 3. The molecule has 0 amide bonds. The lowest BCUT2D eigenvalue weighted by atomic mass is 10.2. The van der Waals surface area contributed by atoms with E-state index in [1.165, 1.54) is 17.9 Å². The Labute approximate surface area is 123 Å². The summed E-state index contributed by atoms with van der Waals surface area (Å²) in [6.45, 7) is 0. The van der Waals surface area contributed by atoms with Gasteiger partial charge in [0, 0.05) is 18.9 Å². The first-order valence-corrected chi connectivity index (χ1v) is 7.34. The molecule has 0 bridgehead atoms. The highest BCUT2D eigenvalue weighted by Crippen LogP contribution is 2.36. The summed E-state index contributed by atoms with van der Waals surface area (Å²) in [5, 5.41) is 3.18. The summed E-state index contributed by atoms with van der Waals surface area (Å²) in [5.74, 6) is 0. The van der Waals surface area contributed by atoms with Crippen molar-refractivity contribution in [3.05, 3.63) is 41.2 Å². The third-order valence-electron chi connectivity index (χ3n) is 2.52. The van der Waals surface area contributed by atoms with Crippen molar-refractivity contribution in [1.29, 1.82) is 0 Å². The smallest absolute Gasteiger partial charge is 0.280 e. The van der Waals surface area contributed by atoms with Gasteiger partial charge in [-0.15, -0.1) is 0 Å². The quantitative estimate of drug-likeness (QED) is 0.935. The van der Waals surface area contributed by atoms with Gasteiger partial charge < -0.3 is 0 Å². The second kappa shape index (κ2) is 5.23. The van der Waals surface area contributed by atoms with Crippen molar-refractivity contribution in [2.45, 2.75) is 11.1 Å². The minimum Gasteiger partial charge on any atom is -0.280 e. The minimum absolute atomic E-state index is 0.159. The number of alkyl halides is 3. The van der Waals surface area contributed by atoms with E-state index in [9.17, 15) is 21.6 Å². The van der Waals surface area contributed by atoms with E-state index in [4.69, 9.17) is 11.6 Å². The first-order valence-electron chi connectivity index (χ1n) is 5.48. The molecule has 1 aromatic carbocycles. The van der Waals surface area contributed by atoms with E-state index in [-0.39, 0.29) is 10.6 Å². The number of aryl methyl sites for hydroxylation is 1. The molecule has 2 rings (SSSR count). The second-order valence-electron chi connectivity index (χ2n) is 4.15. The number of hydrogen-bond donors (Lipinski definition) is 1. The molecule has 2 aromatic rings. The van der Waals surface area contributed by atoms with Gasteiger partial charge in [-0.05, 0) is 18.2 Å². The van der Waals surface area contributed by atoms with Crippen LogP contribution in [0, 0.1) is 0 Å². The molecule has 10 heteroatoms. The lowest BCUT2D eigenvalue weighted by Crippen LogP contribution is -2.13. The summed E-state index contributed by atoms with van der Waals surface area (Å²) in [7, 11) is -2.49. The van der Waals surface area contributed by atoms with Crippen LogP contribution < -0.4 is 4.72 Å². The molecule has 0 aliphatic carbocycles. The maximum absolute atomic E-state index is 12.7. The van der Waals surface area contributed by atoms with Crippen molar-refractivity contribution < 1.29 is 21.6 Å². The van der Waals surface area contributed by atoms with Crippen molar-refractivity contribution in [3.8, 4) is 0 Å². The Hall–Kier alpha value is -1.74. The number of nitrogens with one attached hydrogen (secondary N) is 1. The minimum atomic E-state index is -4.67. The average molecular weight is 340 g/mol. The molecule has 1 heterocycles. The molecule has 0 saturated carbocycles. The van der Waals surface area contributed by atoms with Crippen LogP contribution in [0.1, 0.15) is 5.56 Å². The summed E-state index contributed by atoms with van der Waals surface area (Å²) in [6, 6.07) is 2.76. The number of nitrogens with zero attached hydrogens (tertiary/aromatic N) is 2. The lowest BCUT2D eigenvalue weighted by molar-refractivity contribution is -0.137. The second-order valence-corrected chi connectivity index (χ2v) is 6.24. The van der Waals surface area contributed by atoms with Crippen LogP contribution in [0.2, 0.25) is 5.02 Å². The summed E-state index contributed by atoms with van der Waals surface area (Å²) in [4.78, 5) is -0.159. The Morgan fingerprint density at radius 3 is 2.52 bits per heavy atom. The number of halogens is 4. The third-order valence-corrected chi connectivity index (χ3v) is 4.18. The zero-order valence-corrected chi connectivity index (χ0v) is 12.1. The van der Waals surface area contributed by atoms with Gasteiger partial charge in [0.05, 0.1) is 16.8 Å². The first-order chi connectivity index (χ1) is 9.59. The molecule has 0 spiro atoms. The SMILES string of the molecule is Cn1cc(S(=O)(=O)Nc2ccc(Cl)c(C(F)(F)F)c2)cn1. The normalized spacial score (nSPS) is 12.4. The monoisotopic (exact) mass is 339 g/mol. The number of hydrogen-bond acceptors (Lipinski definition) is 3. The van der Waals surface area contributed by atoms with E-state index in [1.54, 1.807) is 0 Å². The number of sulfonamides is 1. The summed E-state index contributed by atoms with van der Waals surface area (Å²) in [5.41, 5.74) is -1.36. The first kappa shape index (κ1) is 15.6. The largest absolute Gasteiger partial charge is 0.417 e. The van der Waals surface area contributed by atoms with Crippen molar-refractivity contribution in [2.24, 2.45) is 7.05 Å². The van der Waals surface area contributed by atoms with E-state index in [0.29, 0.717) is 6.07 Å². The molecule has 0 fully saturated rings. The van der Waals surface area contributed by atoms with Crippen molar-refractivity contribution in [3.63, 3.8) is 0 Å². The summed E-state index contributed by atoms with van der Waals surface area (Å²) in [6.07, 6.45) is -2.36. The topological polar surface area (TPSA) is 64.0 Å². The molecule has 114 valence electrons. The Kier molecular flexibility index (Phi) is 3.89. The zero-order chi connectivity index (χ0) is 15.8. The van der Waals surface area contributed by atoms with Gasteiger partial charge in [-0.2, -0.15) is 18.3 Å². The zero-order valence-electron chi connectivity index (χ0n) is 10.5. The van der Waals surface area contributed by atoms with E-state index < -0.39 is 26.8 Å². The molecule has 0 unspecified atom stereocenters. The van der Waals surface area contributed by atoms with Crippen LogP contribution in [-0.2, 0) is 23.2 Å². The predicted octanol–water partition coefficient (Wildman–Crippen LogP) is 2.89. The van der Waals surface area contributed by atoms with Gasteiger partial charge in [0.15, 0.2) is 0 Å². The van der Waals surface area contributed by atoms with Crippen LogP contribution in [0.3, 0.4) is 0 Å². The van der Waals surface area contributed by atoms with Gasteiger partial charge in [0.2, 0.25) is 0 Å². The molecule has 21 heavy (non-hydrogen) atoms. The molecule has 1 aromatic heterocycles. The van der Waals surface area contributed by atoms with Gasteiger partial charge in [0.25, 0.3) is 10.0 Å². The molecule has 0 atom stereocenters. The highest BCUT2D eigenvalue weighted by Gasteiger charge is 2.33. The molecule has 1 N–H and O–H groups in total. The van der Waals surface area contributed by atoms with Gasteiger partial charge in [-0.1, -0.05) is 11.6 Å². The predicted molar refractivity (Wildman–Crippen MR) is 70.5 cm³/mol. The van der Waals surface area contributed by atoms with E-state index in [1.807, 2.05) is 4.72 Å². The van der Waals surface area contributed by atoms with Crippen molar-refractivity contribution in [1.82, 2.24) is 9.78 Å². The summed E-state index contributed by atoms with van der Waals surface area (Å²) < 4.78 is 65.4. The number of benzene rings is 1. The van der Waals surface area contributed by atoms with Crippen LogP contribution in [0.4, 0.5) is 18.9 Å². The maximum Gasteiger partial charge on any atom is 0.417 e. The molecular weight excluding hydrogens is 331 g/mol. The third kappa shape index (κ3) is 3.48. The fraction of sp³-hybridized carbons (Fsp3) is 0.182. The maximum atomic E-state index is 12.7. The average Bonchev–Trinajstić information content (AvgIpc) is 2.77. The van der Waals surface area contributed by atoms with Crippen LogP contribution in [0.25, 0.3) is 0 Å². The van der Waals surface area contributed by atoms with Crippen LogP contribution in [-0.4, -0.2) is 18.2 Å². The summed E-state index contributed by atoms with van der Waals surface area (Å²) >= 11 is 5.46. The van der Waals surface area contributed by atoms with Gasteiger partial charge in [-0.25, -0.2) is 8.42 Å². The van der Waals surface area contributed by atoms with Crippen molar-refractivity contribution >= 4 is 27.3 Å². The lowest BCUT2D eigenvalue weighted by Gasteiger charge is -2.12. The number of anilines is 1. The van der Waals surface area contributed by atoms with E-state index in [2.05, 4.69) is 5.10 Å². The van der Waals surface area contributed by atoms with E-state index in [0.717, 1.165) is 18.3 Å². The van der Waals surface area contributed by atoms with Crippen LogP contribution in [0.15, 0.2) is 35.5 Å². The van der Waals surface area contributed by atoms with Crippen molar-refractivity contribution in [2.75, 3.05) is 4.72 Å². The van der Waals surface area contributed by atoms with E-state index >= 15 is 0 Å². The number of aromatic nitrogens is 2. The Morgan fingerprint density at radius 1 is 1.33 bits per heavy atom. The molecular formula is C11H9ClF3N3O2S. The molecule has 0 aliphatic heterocycles. The highest BCUT2D eigenvalue weighted by atomic mass is 35.5. The molecule has 0 radical (unpaired) electrons. The molecule has 5 nitrogen and oxygen atoms in total. The van der Waals surface area contributed by atoms with Crippen LogP contribution >= 0.6 is 11.6 Å². The van der Waals surface area contributed by atoms with Gasteiger partial charge in [0.1, 0.15) is 4.90 Å². The van der Waals surface area contributed by atoms with Gasteiger partial charge >= 0.3 is 6.18 Å². The Morgan fingerprint density at radius 2 is 2.00 bits per heavy atom. The molecule has 0 aliphatic rings. The van der Waals surface area contributed by atoms with Crippen LogP contribution in [0.5, 0.6) is 0 Å².